The van der Waals surface area contributed by atoms with E-state index in [4.69, 9.17) is 4.52 Å². The van der Waals surface area contributed by atoms with Crippen molar-refractivity contribution >= 4 is 34.0 Å². The maximum atomic E-state index is 13.3. The minimum atomic E-state index is -0.591. The number of hydrogen-bond donors (Lipinski definition) is 1. The molecule has 2 unspecified atom stereocenters. The Bertz CT molecular complexity index is 1410. The summed E-state index contributed by atoms with van der Waals surface area (Å²) < 4.78 is 6.31. The van der Waals surface area contributed by atoms with Gasteiger partial charge in [0.1, 0.15) is 11.1 Å². The van der Waals surface area contributed by atoms with Gasteiger partial charge in [0.25, 0.3) is 5.03 Å². The van der Waals surface area contributed by atoms with Crippen LogP contribution in [0.1, 0.15) is 47.3 Å². The Morgan fingerprint density at radius 2 is 2.00 bits per heavy atom. The summed E-state index contributed by atoms with van der Waals surface area (Å²) in [5, 5.41) is 29.4. The zero-order chi connectivity index (χ0) is 25.1. The summed E-state index contributed by atoms with van der Waals surface area (Å²) in [6.07, 6.45) is 3.13. The van der Waals surface area contributed by atoms with Gasteiger partial charge in [0.15, 0.2) is 5.95 Å². The third-order valence-corrected chi connectivity index (χ3v) is 8.94. The summed E-state index contributed by atoms with van der Waals surface area (Å²) in [4.78, 5) is 14.5. The van der Waals surface area contributed by atoms with E-state index in [-0.39, 0.29) is 10.9 Å². The van der Waals surface area contributed by atoms with Gasteiger partial charge >= 0.3 is 0 Å². The molecular formula is C27H24N4O3S2. The molecule has 2 aromatic heterocycles. The molecule has 0 radical (unpaired) electrons. The highest BCUT2D eigenvalue weighted by atomic mass is 32.2. The molecular weight excluding hydrogens is 492 g/mol. The summed E-state index contributed by atoms with van der Waals surface area (Å²) >= 11 is 2.61. The van der Waals surface area contributed by atoms with Gasteiger partial charge in [-0.1, -0.05) is 55.5 Å². The molecule has 2 aromatic carbocycles. The van der Waals surface area contributed by atoms with E-state index >= 15 is 0 Å². The molecule has 0 saturated heterocycles. The molecule has 1 aliphatic carbocycles. The van der Waals surface area contributed by atoms with Gasteiger partial charge in [-0.05, 0) is 59.2 Å². The molecule has 0 saturated carbocycles. The first-order chi connectivity index (χ1) is 17.6. The number of rotatable bonds is 7. The van der Waals surface area contributed by atoms with Crippen LogP contribution in [-0.2, 0) is 17.6 Å². The first kappa shape index (κ1) is 24.1. The average Bonchev–Trinajstić information content (AvgIpc) is 3.46. The van der Waals surface area contributed by atoms with Crippen LogP contribution < -0.4 is 15.1 Å². The van der Waals surface area contributed by atoms with Crippen LogP contribution in [-0.4, -0.2) is 16.4 Å². The van der Waals surface area contributed by atoms with Gasteiger partial charge in [-0.2, -0.15) is 5.26 Å². The van der Waals surface area contributed by atoms with Crippen LogP contribution in [0.4, 0.5) is 5.00 Å². The largest absolute Gasteiger partial charge is 0.538 e. The number of aromatic nitrogens is 2. The van der Waals surface area contributed by atoms with E-state index in [1.807, 2.05) is 43.3 Å². The lowest BCUT2D eigenvalue weighted by Gasteiger charge is -2.22. The van der Waals surface area contributed by atoms with E-state index in [2.05, 4.69) is 40.9 Å². The van der Waals surface area contributed by atoms with E-state index in [1.54, 1.807) is 0 Å². The molecule has 0 fully saturated rings. The maximum Gasteiger partial charge on any atom is 0.298 e. The molecule has 2 atom stereocenters. The highest BCUT2D eigenvalue weighted by Crippen LogP contribution is 2.42. The van der Waals surface area contributed by atoms with E-state index in [1.165, 1.54) is 21.6 Å². The van der Waals surface area contributed by atoms with Crippen LogP contribution in [0.25, 0.3) is 5.69 Å². The number of carbonyl (C=O) groups is 1. The number of anilines is 1. The first-order valence-corrected chi connectivity index (χ1v) is 13.5. The minimum Gasteiger partial charge on any atom is -0.538 e. The van der Waals surface area contributed by atoms with Crippen molar-refractivity contribution in [3.63, 3.8) is 0 Å². The van der Waals surface area contributed by atoms with Crippen molar-refractivity contribution in [1.29, 1.82) is 5.26 Å². The number of hydrogen-bond acceptors (Lipinski definition) is 7. The van der Waals surface area contributed by atoms with Gasteiger partial charge in [0.05, 0.1) is 16.1 Å². The molecule has 7 nitrogen and oxygen atoms in total. The third-order valence-electron chi connectivity index (χ3n) is 6.38. The molecule has 2 heterocycles. The van der Waals surface area contributed by atoms with Crippen molar-refractivity contribution in [1.82, 2.24) is 5.27 Å². The molecule has 0 spiro atoms. The SMILES string of the molecule is CCC(Sc1c([O-])on[n+]1-c1ccccc1)C(=O)Nc1sc2c(c1C#N)CCC(c1ccccc1)C2. The van der Waals surface area contributed by atoms with Crippen molar-refractivity contribution in [2.45, 2.75) is 48.8 Å². The third kappa shape index (κ3) is 4.74. The van der Waals surface area contributed by atoms with Crippen LogP contribution in [0.15, 0.2) is 70.2 Å². The number of nitrogens with zero attached hydrogens (tertiary/aromatic N) is 3. The zero-order valence-corrected chi connectivity index (χ0v) is 21.3. The lowest BCUT2D eigenvalue weighted by Crippen LogP contribution is -2.36. The summed E-state index contributed by atoms with van der Waals surface area (Å²) in [7, 11) is 0. The molecule has 0 aliphatic heterocycles. The smallest absolute Gasteiger partial charge is 0.298 e. The van der Waals surface area contributed by atoms with E-state index < -0.39 is 11.2 Å². The van der Waals surface area contributed by atoms with Crippen LogP contribution in [0.2, 0.25) is 0 Å². The molecule has 0 bridgehead atoms. The Hall–Kier alpha value is -3.61. The quantitative estimate of drug-likeness (QED) is 0.281. The van der Waals surface area contributed by atoms with Crippen molar-refractivity contribution in [3.05, 3.63) is 82.2 Å². The Morgan fingerprint density at radius 3 is 2.69 bits per heavy atom. The Balaban J connectivity index is 1.35. The summed E-state index contributed by atoms with van der Waals surface area (Å²) in [6, 6.07) is 21.9. The standard InChI is InChI=1S/C27H24N4O3S2/c1-2-22(36-26-27(33)34-30-31(26)19-11-7-4-8-12-19)24(32)29-25-21(16-28)20-14-13-18(15-23(20)35-25)17-9-5-3-6-10-17/h3-12,18,22H,2,13-15H2,1H3,(H-,29,30,32,33). The molecule has 9 heteroatoms. The van der Waals surface area contributed by atoms with Crippen molar-refractivity contribution in [3.8, 4) is 17.7 Å². The van der Waals surface area contributed by atoms with Gasteiger partial charge in [-0.15, -0.1) is 11.3 Å². The minimum absolute atomic E-state index is 0.236. The predicted molar refractivity (Wildman–Crippen MR) is 136 cm³/mol. The number of para-hydroxylation sites is 1. The molecule has 1 N–H and O–H groups in total. The first-order valence-electron chi connectivity index (χ1n) is 11.8. The topological polar surface area (TPSA) is 106 Å². The Kier molecular flexibility index (Phi) is 7.07. The lowest BCUT2D eigenvalue weighted by molar-refractivity contribution is -0.705. The fourth-order valence-electron chi connectivity index (χ4n) is 4.52. The lowest BCUT2D eigenvalue weighted by atomic mass is 9.83. The Morgan fingerprint density at radius 1 is 1.28 bits per heavy atom. The highest BCUT2D eigenvalue weighted by molar-refractivity contribution is 8.00. The second-order valence-corrected chi connectivity index (χ2v) is 10.9. The fourth-order valence-corrected chi connectivity index (χ4v) is 6.78. The molecule has 4 aromatic rings. The van der Waals surface area contributed by atoms with Crippen LogP contribution >= 0.6 is 23.1 Å². The van der Waals surface area contributed by atoms with Crippen LogP contribution in [0, 0.1) is 11.3 Å². The summed E-state index contributed by atoms with van der Waals surface area (Å²) in [5.41, 5.74) is 3.58. The van der Waals surface area contributed by atoms with Gasteiger partial charge in [-0.3, -0.25) is 4.79 Å². The number of nitriles is 1. The number of thiophene rings is 1. The molecule has 5 rings (SSSR count). The van der Waals surface area contributed by atoms with Gasteiger partial charge in [-0.25, -0.2) is 0 Å². The number of amides is 1. The Labute approximate surface area is 217 Å². The average molecular weight is 517 g/mol. The van der Waals surface area contributed by atoms with Crippen LogP contribution in [0.5, 0.6) is 5.95 Å². The zero-order valence-electron chi connectivity index (χ0n) is 19.6. The molecule has 1 amide bonds. The highest BCUT2D eigenvalue weighted by Gasteiger charge is 2.31. The number of nitrogens with one attached hydrogen (secondary N) is 1. The van der Waals surface area contributed by atoms with E-state index in [0.717, 1.165) is 41.5 Å². The second kappa shape index (κ2) is 10.6. The maximum absolute atomic E-state index is 13.3. The van der Waals surface area contributed by atoms with Crippen LogP contribution in [0.3, 0.4) is 0 Å². The normalized spacial score (nSPS) is 15.6. The number of benzene rings is 2. The molecule has 182 valence electrons. The molecule has 36 heavy (non-hydrogen) atoms. The number of thioether (sulfide) groups is 1. The van der Waals surface area contributed by atoms with Crippen molar-refractivity contribution in [2.75, 3.05) is 5.32 Å². The van der Waals surface area contributed by atoms with E-state index in [0.29, 0.717) is 28.6 Å². The van der Waals surface area contributed by atoms with E-state index in [9.17, 15) is 15.2 Å². The van der Waals surface area contributed by atoms with Crippen molar-refractivity contribution in [2.24, 2.45) is 0 Å². The van der Waals surface area contributed by atoms with Crippen molar-refractivity contribution < 1.29 is 19.1 Å². The summed E-state index contributed by atoms with van der Waals surface area (Å²) in [6.45, 7) is 1.89. The van der Waals surface area contributed by atoms with Gasteiger partial charge in [0.2, 0.25) is 11.6 Å². The number of carbonyl (C=O) groups excluding carboxylic acids is 1. The number of fused-ring (bicyclic) bond motifs is 1. The predicted octanol–water partition coefficient (Wildman–Crippen LogP) is 4.74. The van der Waals surface area contributed by atoms with Gasteiger partial charge < -0.3 is 14.9 Å². The monoisotopic (exact) mass is 516 g/mol. The second-order valence-electron chi connectivity index (χ2n) is 8.59. The molecule has 1 aliphatic rings. The van der Waals surface area contributed by atoms with Gasteiger partial charge in [0, 0.05) is 17.0 Å². The summed E-state index contributed by atoms with van der Waals surface area (Å²) in [5.74, 6) is -0.437. The fraction of sp³-hybridized carbons (Fsp3) is 0.259.